The highest BCUT2D eigenvalue weighted by atomic mass is 32.2. The molecule has 0 aliphatic carbocycles. The molecule has 0 radical (unpaired) electrons. The molecule has 2 amide bonds. The SMILES string of the molecule is NC(=O)CSc1ccc(C(N)=O)cc1[N+](=O)[O-]. The van der Waals surface area contributed by atoms with E-state index in [4.69, 9.17) is 11.5 Å². The topological polar surface area (TPSA) is 129 Å². The van der Waals surface area contributed by atoms with Crippen molar-refractivity contribution < 1.29 is 14.5 Å². The van der Waals surface area contributed by atoms with Gasteiger partial charge in [0.25, 0.3) is 5.69 Å². The average Bonchev–Trinajstić information content (AvgIpc) is 2.25. The van der Waals surface area contributed by atoms with E-state index in [0.29, 0.717) is 0 Å². The van der Waals surface area contributed by atoms with Crippen LogP contribution >= 0.6 is 11.8 Å². The molecule has 0 saturated heterocycles. The molecule has 4 N–H and O–H groups in total. The van der Waals surface area contributed by atoms with Crippen LogP contribution in [-0.2, 0) is 4.79 Å². The van der Waals surface area contributed by atoms with Crippen LogP contribution in [0, 0.1) is 10.1 Å². The van der Waals surface area contributed by atoms with Crippen LogP contribution in [0.4, 0.5) is 5.69 Å². The number of carbonyl (C=O) groups is 2. The van der Waals surface area contributed by atoms with Crippen LogP contribution in [0.3, 0.4) is 0 Å². The van der Waals surface area contributed by atoms with Gasteiger partial charge in [-0.05, 0) is 12.1 Å². The highest BCUT2D eigenvalue weighted by molar-refractivity contribution is 8.00. The van der Waals surface area contributed by atoms with Gasteiger partial charge in [-0.2, -0.15) is 0 Å². The summed E-state index contributed by atoms with van der Waals surface area (Å²) in [6.07, 6.45) is 0. The standard InChI is InChI=1S/C9H9N3O4S/c10-8(13)4-17-7-2-1-5(9(11)14)3-6(7)12(15)16/h1-3H,4H2,(H2,10,13)(H2,11,14). The molecule has 0 fully saturated rings. The molecule has 0 aliphatic heterocycles. The second-order valence-electron chi connectivity index (χ2n) is 3.06. The number of nitro benzene ring substituents is 1. The predicted octanol–water partition coefficient (Wildman–Crippen LogP) is 0.271. The first-order valence-electron chi connectivity index (χ1n) is 4.41. The van der Waals surface area contributed by atoms with Crippen molar-refractivity contribution in [2.75, 3.05) is 5.75 Å². The van der Waals surface area contributed by atoms with Crippen LogP contribution < -0.4 is 11.5 Å². The molecule has 0 aliphatic rings. The van der Waals surface area contributed by atoms with Gasteiger partial charge in [-0.25, -0.2) is 0 Å². The molecule has 1 rings (SSSR count). The Labute approximate surface area is 100 Å². The number of rotatable bonds is 5. The van der Waals surface area contributed by atoms with Gasteiger partial charge in [0.2, 0.25) is 11.8 Å². The van der Waals surface area contributed by atoms with Crippen molar-refractivity contribution in [3.05, 3.63) is 33.9 Å². The lowest BCUT2D eigenvalue weighted by Gasteiger charge is -2.02. The quantitative estimate of drug-likeness (QED) is 0.443. The monoisotopic (exact) mass is 255 g/mol. The number of benzene rings is 1. The summed E-state index contributed by atoms with van der Waals surface area (Å²) in [5.74, 6) is -1.40. The molecule has 0 aromatic heterocycles. The third-order valence-corrected chi connectivity index (χ3v) is 2.90. The smallest absolute Gasteiger partial charge is 0.283 e. The van der Waals surface area contributed by atoms with Gasteiger partial charge in [0.15, 0.2) is 0 Å². The van der Waals surface area contributed by atoms with Crippen LogP contribution in [-0.4, -0.2) is 22.5 Å². The van der Waals surface area contributed by atoms with Crippen LogP contribution in [0.5, 0.6) is 0 Å². The fraction of sp³-hybridized carbons (Fsp3) is 0.111. The maximum Gasteiger partial charge on any atom is 0.283 e. The Hall–Kier alpha value is -2.09. The fourth-order valence-corrected chi connectivity index (χ4v) is 1.83. The lowest BCUT2D eigenvalue weighted by Crippen LogP contribution is -2.13. The number of nitro groups is 1. The Morgan fingerprint density at radius 3 is 2.47 bits per heavy atom. The van der Waals surface area contributed by atoms with E-state index in [2.05, 4.69) is 0 Å². The summed E-state index contributed by atoms with van der Waals surface area (Å²) >= 11 is 0.936. The third-order valence-electron chi connectivity index (χ3n) is 1.81. The number of primary amides is 2. The summed E-state index contributed by atoms with van der Waals surface area (Å²) in [7, 11) is 0. The number of carbonyl (C=O) groups excluding carboxylic acids is 2. The molecule has 1 aromatic carbocycles. The maximum atomic E-state index is 10.9. The van der Waals surface area contributed by atoms with Gasteiger partial charge in [0.1, 0.15) is 0 Å². The summed E-state index contributed by atoms with van der Waals surface area (Å²) in [5, 5.41) is 10.8. The number of thioether (sulfide) groups is 1. The van der Waals surface area contributed by atoms with Crippen molar-refractivity contribution in [2.45, 2.75) is 4.90 Å². The van der Waals surface area contributed by atoms with Crippen LogP contribution in [0.2, 0.25) is 0 Å². The molecule has 7 nitrogen and oxygen atoms in total. The van der Waals surface area contributed by atoms with Crippen molar-refractivity contribution in [2.24, 2.45) is 11.5 Å². The van der Waals surface area contributed by atoms with Crippen molar-refractivity contribution in [3.8, 4) is 0 Å². The van der Waals surface area contributed by atoms with E-state index in [9.17, 15) is 19.7 Å². The number of hydrogen-bond acceptors (Lipinski definition) is 5. The molecule has 90 valence electrons. The van der Waals surface area contributed by atoms with Crippen molar-refractivity contribution in [3.63, 3.8) is 0 Å². The van der Waals surface area contributed by atoms with Gasteiger partial charge in [0.05, 0.1) is 15.6 Å². The zero-order valence-corrected chi connectivity index (χ0v) is 9.40. The van der Waals surface area contributed by atoms with E-state index < -0.39 is 16.7 Å². The first-order chi connectivity index (χ1) is 7.91. The van der Waals surface area contributed by atoms with Gasteiger partial charge in [0, 0.05) is 11.6 Å². The second-order valence-corrected chi connectivity index (χ2v) is 4.08. The van der Waals surface area contributed by atoms with Crippen molar-refractivity contribution >= 4 is 29.3 Å². The first kappa shape index (κ1) is 13.0. The van der Waals surface area contributed by atoms with Crippen LogP contribution in [0.15, 0.2) is 23.1 Å². The van der Waals surface area contributed by atoms with Crippen LogP contribution in [0.25, 0.3) is 0 Å². The zero-order valence-electron chi connectivity index (χ0n) is 8.58. The molecule has 1 aromatic rings. The summed E-state index contributed by atoms with van der Waals surface area (Å²) < 4.78 is 0. The first-order valence-corrected chi connectivity index (χ1v) is 5.39. The Morgan fingerprint density at radius 2 is 2.00 bits per heavy atom. The Morgan fingerprint density at radius 1 is 1.35 bits per heavy atom. The van der Waals surface area contributed by atoms with Crippen molar-refractivity contribution in [1.82, 2.24) is 0 Å². The second kappa shape index (κ2) is 5.30. The van der Waals surface area contributed by atoms with Gasteiger partial charge in [-0.1, -0.05) is 0 Å². The molecule has 0 spiro atoms. The minimum atomic E-state index is -0.750. The number of nitrogens with two attached hydrogens (primary N) is 2. The number of nitrogens with zero attached hydrogens (tertiary/aromatic N) is 1. The largest absolute Gasteiger partial charge is 0.369 e. The lowest BCUT2D eigenvalue weighted by atomic mass is 10.2. The average molecular weight is 255 g/mol. The van der Waals surface area contributed by atoms with E-state index >= 15 is 0 Å². The maximum absolute atomic E-state index is 10.9. The highest BCUT2D eigenvalue weighted by Crippen LogP contribution is 2.29. The van der Waals surface area contributed by atoms with Gasteiger partial charge in [-0.3, -0.25) is 19.7 Å². The summed E-state index contributed by atoms with van der Waals surface area (Å²) in [4.78, 5) is 31.8. The molecule has 0 heterocycles. The molecule has 17 heavy (non-hydrogen) atoms. The fourth-order valence-electron chi connectivity index (χ4n) is 1.08. The summed E-state index contributed by atoms with van der Waals surface area (Å²) in [5.41, 5.74) is 9.72. The zero-order chi connectivity index (χ0) is 13.0. The lowest BCUT2D eigenvalue weighted by molar-refractivity contribution is -0.387. The van der Waals surface area contributed by atoms with Gasteiger partial charge in [-0.15, -0.1) is 11.8 Å². The van der Waals surface area contributed by atoms with Crippen molar-refractivity contribution in [1.29, 1.82) is 0 Å². The van der Waals surface area contributed by atoms with Gasteiger partial charge < -0.3 is 11.5 Å². The number of hydrogen-bond donors (Lipinski definition) is 2. The van der Waals surface area contributed by atoms with E-state index in [0.717, 1.165) is 17.8 Å². The number of amides is 2. The van der Waals surface area contributed by atoms with E-state index in [1.807, 2.05) is 0 Å². The Bertz CT molecular complexity index is 489. The van der Waals surface area contributed by atoms with E-state index in [1.165, 1.54) is 12.1 Å². The molecule has 8 heteroatoms. The normalized spacial score (nSPS) is 9.88. The predicted molar refractivity (Wildman–Crippen MR) is 61.5 cm³/mol. The molecule has 0 unspecified atom stereocenters. The molecule has 0 atom stereocenters. The molecule has 0 saturated carbocycles. The minimum absolute atomic E-state index is 0.0418. The van der Waals surface area contributed by atoms with Crippen LogP contribution in [0.1, 0.15) is 10.4 Å². The van der Waals surface area contributed by atoms with E-state index in [-0.39, 0.29) is 21.9 Å². The Kier molecular flexibility index (Phi) is 4.05. The molecular weight excluding hydrogens is 246 g/mol. The summed E-state index contributed by atoms with van der Waals surface area (Å²) in [6.45, 7) is 0. The minimum Gasteiger partial charge on any atom is -0.369 e. The highest BCUT2D eigenvalue weighted by Gasteiger charge is 2.17. The summed E-state index contributed by atoms with van der Waals surface area (Å²) in [6, 6.07) is 3.80. The Balaban J connectivity index is 3.08. The third kappa shape index (κ3) is 3.45. The van der Waals surface area contributed by atoms with E-state index in [1.54, 1.807) is 0 Å². The molecular formula is C9H9N3O4S. The molecule has 0 bridgehead atoms. The van der Waals surface area contributed by atoms with Gasteiger partial charge >= 0.3 is 0 Å².